The monoisotopic (exact) mass is 314 g/mol. The van der Waals surface area contributed by atoms with Gasteiger partial charge in [0.1, 0.15) is 5.82 Å². The summed E-state index contributed by atoms with van der Waals surface area (Å²) in [6.45, 7) is 1.70. The molecule has 2 rings (SSSR count). The maximum Gasteiger partial charge on any atom is 0.261 e. The summed E-state index contributed by atoms with van der Waals surface area (Å²) in [4.78, 5) is 0.0551. The van der Waals surface area contributed by atoms with Gasteiger partial charge in [-0.05, 0) is 48.9 Å². The van der Waals surface area contributed by atoms with E-state index in [2.05, 4.69) is 4.72 Å². The minimum atomic E-state index is -3.80. The standard InChI is InChI=1S/C13H12ClFN2O2S/c1-8-6-10(3-5-13(8)16)20(18,19)17-9-2-4-11(14)12(15)7-9/h2-7,17H,16H2,1H3. The maximum absolute atomic E-state index is 13.3. The minimum absolute atomic E-state index is 0.0551. The van der Waals surface area contributed by atoms with Gasteiger partial charge in [0.25, 0.3) is 10.0 Å². The molecule has 0 unspecified atom stereocenters. The van der Waals surface area contributed by atoms with Crippen LogP contribution in [0.25, 0.3) is 0 Å². The van der Waals surface area contributed by atoms with E-state index < -0.39 is 15.8 Å². The first-order valence-corrected chi connectivity index (χ1v) is 7.50. The van der Waals surface area contributed by atoms with E-state index in [1.54, 1.807) is 6.92 Å². The normalized spacial score (nSPS) is 11.3. The summed E-state index contributed by atoms with van der Waals surface area (Å²) in [6.07, 6.45) is 0. The Kier molecular flexibility index (Phi) is 3.87. The topological polar surface area (TPSA) is 72.2 Å². The lowest BCUT2D eigenvalue weighted by Gasteiger charge is -2.10. The van der Waals surface area contributed by atoms with E-state index in [0.717, 1.165) is 6.07 Å². The summed E-state index contributed by atoms with van der Waals surface area (Å²) < 4.78 is 39.9. The first-order chi connectivity index (χ1) is 9.29. The van der Waals surface area contributed by atoms with Crippen molar-refractivity contribution in [2.75, 3.05) is 10.5 Å². The van der Waals surface area contributed by atoms with Crippen molar-refractivity contribution in [3.05, 3.63) is 52.8 Å². The first-order valence-electron chi connectivity index (χ1n) is 5.63. The van der Waals surface area contributed by atoms with Gasteiger partial charge in [-0.25, -0.2) is 12.8 Å². The molecule has 2 aromatic rings. The van der Waals surface area contributed by atoms with E-state index in [-0.39, 0.29) is 15.6 Å². The Hall–Kier alpha value is -1.79. The Bertz CT molecular complexity index is 763. The zero-order valence-electron chi connectivity index (χ0n) is 10.5. The van der Waals surface area contributed by atoms with Crippen molar-refractivity contribution in [3.8, 4) is 0 Å². The molecule has 3 N–H and O–H groups in total. The predicted octanol–water partition coefficient (Wildman–Crippen LogP) is 3.17. The average Bonchev–Trinajstić information content (AvgIpc) is 2.37. The number of rotatable bonds is 3. The summed E-state index contributed by atoms with van der Waals surface area (Å²) in [5.74, 6) is -0.694. The molecule has 0 saturated carbocycles. The summed E-state index contributed by atoms with van der Waals surface area (Å²) >= 11 is 5.54. The lowest BCUT2D eigenvalue weighted by atomic mass is 10.2. The van der Waals surface area contributed by atoms with Gasteiger partial charge in [0, 0.05) is 5.69 Å². The Labute approximate surface area is 121 Å². The third-order valence-corrected chi connectivity index (χ3v) is 4.41. The number of nitrogen functional groups attached to an aromatic ring is 1. The van der Waals surface area contributed by atoms with Crippen molar-refractivity contribution in [3.63, 3.8) is 0 Å². The fourth-order valence-electron chi connectivity index (χ4n) is 1.59. The number of hydrogen-bond donors (Lipinski definition) is 2. The molecule has 0 aliphatic rings. The fourth-order valence-corrected chi connectivity index (χ4v) is 2.84. The van der Waals surface area contributed by atoms with Crippen LogP contribution in [0.15, 0.2) is 41.3 Å². The zero-order valence-corrected chi connectivity index (χ0v) is 12.1. The number of sulfonamides is 1. The number of benzene rings is 2. The summed E-state index contributed by atoms with van der Waals surface area (Å²) in [7, 11) is -3.80. The summed E-state index contributed by atoms with van der Waals surface area (Å²) in [5.41, 5.74) is 6.89. The highest BCUT2D eigenvalue weighted by Gasteiger charge is 2.15. The molecule has 20 heavy (non-hydrogen) atoms. The van der Waals surface area contributed by atoms with Crippen molar-refractivity contribution in [2.24, 2.45) is 0 Å². The third-order valence-electron chi connectivity index (χ3n) is 2.72. The van der Waals surface area contributed by atoms with Crippen LogP contribution in [0.5, 0.6) is 0 Å². The van der Waals surface area contributed by atoms with Gasteiger partial charge in [0.2, 0.25) is 0 Å². The summed E-state index contributed by atoms with van der Waals surface area (Å²) in [6, 6.07) is 8.02. The number of hydrogen-bond acceptors (Lipinski definition) is 3. The molecule has 106 valence electrons. The molecule has 0 radical (unpaired) electrons. The lowest BCUT2D eigenvalue weighted by molar-refractivity contribution is 0.601. The van der Waals surface area contributed by atoms with Crippen LogP contribution in [0.1, 0.15) is 5.56 Å². The van der Waals surface area contributed by atoms with Crippen LogP contribution in [-0.2, 0) is 10.0 Å². The van der Waals surface area contributed by atoms with E-state index in [1.165, 1.54) is 30.3 Å². The average molecular weight is 315 g/mol. The largest absolute Gasteiger partial charge is 0.399 e. The number of nitrogens with one attached hydrogen (secondary N) is 1. The molecule has 0 aliphatic heterocycles. The first kappa shape index (κ1) is 14.6. The molecule has 0 aromatic heterocycles. The lowest BCUT2D eigenvalue weighted by Crippen LogP contribution is -2.13. The Morgan fingerprint density at radius 3 is 2.50 bits per heavy atom. The van der Waals surface area contributed by atoms with Gasteiger partial charge < -0.3 is 5.73 Å². The highest BCUT2D eigenvalue weighted by Crippen LogP contribution is 2.23. The molecule has 4 nitrogen and oxygen atoms in total. The molecule has 0 bridgehead atoms. The van der Waals surface area contributed by atoms with Crippen molar-refractivity contribution < 1.29 is 12.8 Å². The van der Waals surface area contributed by atoms with Gasteiger partial charge in [-0.2, -0.15) is 0 Å². The van der Waals surface area contributed by atoms with Gasteiger partial charge in [-0.1, -0.05) is 11.6 Å². The molecule has 2 aromatic carbocycles. The highest BCUT2D eigenvalue weighted by molar-refractivity contribution is 7.92. The molecule has 0 atom stereocenters. The highest BCUT2D eigenvalue weighted by atomic mass is 35.5. The van der Waals surface area contributed by atoms with Crippen LogP contribution in [0.3, 0.4) is 0 Å². The van der Waals surface area contributed by atoms with Gasteiger partial charge in [-0.15, -0.1) is 0 Å². The fraction of sp³-hybridized carbons (Fsp3) is 0.0769. The van der Waals surface area contributed by atoms with Gasteiger partial charge in [0.15, 0.2) is 0 Å². The molecule has 0 aliphatic carbocycles. The molecular weight excluding hydrogens is 303 g/mol. The van der Waals surface area contributed by atoms with E-state index in [9.17, 15) is 12.8 Å². The van der Waals surface area contributed by atoms with Crippen molar-refractivity contribution in [1.82, 2.24) is 0 Å². The van der Waals surface area contributed by atoms with Gasteiger partial charge in [0.05, 0.1) is 15.6 Å². The number of anilines is 2. The Balaban J connectivity index is 2.35. The second-order valence-electron chi connectivity index (χ2n) is 4.25. The van der Waals surface area contributed by atoms with Gasteiger partial charge >= 0.3 is 0 Å². The molecule has 0 fully saturated rings. The Morgan fingerprint density at radius 2 is 1.90 bits per heavy atom. The quantitative estimate of drug-likeness (QED) is 0.855. The predicted molar refractivity (Wildman–Crippen MR) is 77.8 cm³/mol. The molecule has 7 heteroatoms. The van der Waals surface area contributed by atoms with Crippen molar-refractivity contribution in [1.29, 1.82) is 0 Å². The van der Waals surface area contributed by atoms with Crippen molar-refractivity contribution >= 4 is 33.0 Å². The van der Waals surface area contributed by atoms with Crippen LogP contribution in [-0.4, -0.2) is 8.42 Å². The minimum Gasteiger partial charge on any atom is -0.399 e. The maximum atomic E-state index is 13.3. The van der Waals surface area contributed by atoms with Crippen molar-refractivity contribution in [2.45, 2.75) is 11.8 Å². The third kappa shape index (κ3) is 3.02. The van der Waals surface area contributed by atoms with Crippen LogP contribution in [0, 0.1) is 12.7 Å². The smallest absolute Gasteiger partial charge is 0.261 e. The SMILES string of the molecule is Cc1cc(S(=O)(=O)Nc2ccc(Cl)c(F)c2)ccc1N. The van der Waals surface area contributed by atoms with Crippen LogP contribution >= 0.6 is 11.6 Å². The molecule has 0 saturated heterocycles. The van der Waals surface area contributed by atoms with E-state index in [4.69, 9.17) is 17.3 Å². The van der Waals surface area contributed by atoms with Crippen LogP contribution in [0.4, 0.5) is 15.8 Å². The van der Waals surface area contributed by atoms with E-state index in [0.29, 0.717) is 11.3 Å². The second kappa shape index (κ2) is 5.30. The molecular formula is C13H12ClFN2O2S. The number of aryl methyl sites for hydroxylation is 1. The molecule has 0 spiro atoms. The zero-order chi connectivity index (χ0) is 14.9. The number of halogens is 2. The molecule has 0 amide bonds. The van der Waals surface area contributed by atoms with E-state index in [1.807, 2.05) is 0 Å². The van der Waals surface area contributed by atoms with Gasteiger partial charge in [-0.3, -0.25) is 4.72 Å². The second-order valence-corrected chi connectivity index (χ2v) is 6.34. The number of nitrogens with two attached hydrogens (primary N) is 1. The summed E-state index contributed by atoms with van der Waals surface area (Å²) in [5, 5.41) is -0.0729. The Morgan fingerprint density at radius 1 is 1.20 bits per heavy atom. The van der Waals surface area contributed by atoms with E-state index >= 15 is 0 Å². The van der Waals surface area contributed by atoms with Crippen LogP contribution in [0.2, 0.25) is 5.02 Å². The molecule has 0 heterocycles. The van der Waals surface area contributed by atoms with Crippen LogP contribution < -0.4 is 10.5 Å².